The number of hydrogen-bond acceptors (Lipinski definition) is 3. The van der Waals surface area contributed by atoms with Gasteiger partial charge >= 0.3 is 0 Å². The molecule has 0 saturated heterocycles. The van der Waals surface area contributed by atoms with Crippen LogP contribution in [0.25, 0.3) is 11.0 Å². The van der Waals surface area contributed by atoms with Crippen LogP contribution in [0.4, 0.5) is 0 Å². The van der Waals surface area contributed by atoms with E-state index in [2.05, 4.69) is 66.1 Å². The third-order valence-corrected chi connectivity index (χ3v) is 5.76. The van der Waals surface area contributed by atoms with E-state index in [-0.39, 0.29) is 36.0 Å². The predicted octanol–water partition coefficient (Wildman–Crippen LogP) is 4.10. The number of aryl methyl sites for hydroxylation is 2. The van der Waals surface area contributed by atoms with Gasteiger partial charge in [0.15, 0.2) is 5.96 Å². The fourth-order valence-electron chi connectivity index (χ4n) is 3.65. The van der Waals surface area contributed by atoms with Crippen LogP contribution in [0, 0.1) is 12.3 Å². The molecule has 164 valence electrons. The van der Waals surface area contributed by atoms with Gasteiger partial charge in [-0.3, -0.25) is 4.99 Å². The van der Waals surface area contributed by atoms with Crippen molar-refractivity contribution in [3.8, 4) is 0 Å². The Morgan fingerprint density at radius 3 is 2.55 bits per heavy atom. The average Bonchev–Trinajstić information content (AvgIpc) is 3.03. The van der Waals surface area contributed by atoms with Gasteiger partial charge in [0.25, 0.3) is 0 Å². The van der Waals surface area contributed by atoms with Gasteiger partial charge in [-0.15, -0.1) is 24.0 Å². The van der Waals surface area contributed by atoms with Crippen molar-refractivity contribution >= 4 is 41.0 Å². The van der Waals surface area contributed by atoms with Gasteiger partial charge in [-0.1, -0.05) is 26.0 Å². The Morgan fingerprint density at radius 1 is 1.17 bits per heavy atom. The zero-order chi connectivity index (χ0) is 20.4. The van der Waals surface area contributed by atoms with Crippen molar-refractivity contribution in [1.82, 2.24) is 20.2 Å². The molecule has 0 saturated carbocycles. The number of aliphatic hydroxyl groups is 1. The highest BCUT2D eigenvalue weighted by Crippen LogP contribution is 2.30. The molecule has 1 aromatic heterocycles. The summed E-state index contributed by atoms with van der Waals surface area (Å²) >= 11 is 0. The zero-order valence-electron chi connectivity index (χ0n) is 18.4. The maximum absolute atomic E-state index is 9.41. The minimum Gasteiger partial charge on any atom is -0.396 e. The number of aliphatic imine (C=N–C) groups is 1. The van der Waals surface area contributed by atoms with Crippen LogP contribution in [0.5, 0.6) is 0 Å². The molecule has 0 unspecified atom stereocenters. The second-order valence-electron chi connectivity index (χ2n) is 7.46. The molecule has 0 radical (unpaired) electrons. The van der Waals surface area contributed by atoms with Crippen LogP contribution in [0.1, 0.15) is 52.3 Å². The third kappa shape index (κ3) is 7.13. The summed E-state index contributed by atoms with van der Waals surface area (Å²) in [5, 5.41) is 16.2. The quantitative estimate of drug-likeness (QED) is 0.182. The number of aromatic nitrogens is 2. The summed E-state index contributed by atoms with van der Waals surface area (Å²) in [6, 6.07) is 8.29. The smallest absolute Gasteiger partial charge is 0.191 e. The molecule has 0 fully saturated rings. The molecule has 1 heterocycles. The predicted molar refractivity (Wildman–Crippen MR) is 133 cm³/mol. The number of para-hydroxylation sites is 2. The second-order valence-corrected chi connectivity index (χ2v) is 7.46. The zero-order valence-corrected chi connectivity index (χ0v) is 20.7. The number of benzene rings is 1. The molecule has 0 amide bonds. The lowest BCUT2D eigenvalue weighted by molar-refractivity contribution is 0.175. The van der Waals surface area contributed by atoms with Gasteiger partial charge < -0.3 is 20.3 Å². The molecule has 2 aromatic rings. The molecule has 0 atom stereocenters. The lowest BCUT2D eigenvalue weighted by Crippen LogP contribution is -2.39. The van der Waals surface area contributed by atoms with Crippen LogP contribution in [-0.4, -0.2) is 46.9 Å². The largest absolute Gasteiger partial charge is 0.396 e. The van der Waals surface area contributed by atoms with Crippen LogP contribution < -0.4 is 10.6 Å². The van der Waals surface area contributed by atoms with E-state index in [1.165, 1.54) is 5.52 Å². The van der Waals surface area contributed by atoms with Crippen LogP contribution in [0.3, 0.4) is 0 Å². The minimum atomic E-state index is 0. The van der Waals surface area contributed by atoms with E-state index in [0.717, 1.165) is 69.2 Å². The number of guanidine groups is 1. The van der Waals surface area contributed by atoms with Crippen molar-refractivity contribution in [2.24, 2.45) is 10.4 Å². The number of imidazole rings is 1. The first kappa shape index (κ1) is 25.7. The standard InChI is InChI=1S/C22H37N5O.HI/c1-5-22(6-2,13-16-28)17-25-21(23-7-3)24-14-10-15-27-18(4)26-19-11-8-9-12-20(19)27;/h8-9,11-12,28H,5-7,10,13-17H2,1-4H3,(H2,23,24,25);1H. The van der Waals surface area contributed by atoms with E-state index < -0.39 is 0 Å². The highest BCUT2D eigenvalue weighted by atomic mass is 127. The van der Waals surface area contributed by atoms with Gasteiger partial charge in [-0.2, -0.15) is 0 Å². The van der Waals surface area contributed by atoms with Crippen LogP contribution in [0.15, 0.2) is 29.3 Å². The highest BCUT2D eigenvalue weighted by molar-refractivity contribution is 14.0. The summed E-state index contributed by atoms with van der Waals surface area (Å²) in [4.78, 5) is 9.45. The number of nitrogens with one attached hydrogen (secondary N) is 2. The number of nitrogens with zero attached hydrogens (tertiary/aromatic N) is 3. The molecule has 6 nitrogen and oxygen atoms in total. The van der Waals surface area contributed by atoms with Gasteiger partial charge in [0.2, 0.25) is 0 Å². The molecule has 0 spiro atoms. The second kappa shape index (κ2) is 13.1. The van der Waals surface area contributed by atoms with Crippen molar-refractivity contribution < 1.29 is 5.11 Å². The first-order valence-corrected chi connectivity index (χ1v) is 10.6. The van der Waals surface area contributed by atoms with Crippen LogP contribution in [-0.2, 0) is 6.54 Å². The molecule has 3 N–H and O–H groups in total. The lowest BCUT2D eigenvalue weighted by Gasteiger charge is -2.29. The molecular weight excluding hydrogens is 477 g/mol. The van der Waals surface area contributed by atoms with E-state index in [1.54, 1.807) is 0 Å². The summed E-state index contributed by atoms with van der Waals surface area (Å²) < 4.78 is 2.28. The van der Waals surface area contributed by atoms with Gasteiger partial charge in [0.05, 0.1) is 11.0 Å². The van der Waals surface area contributed by atoms with Crippen molar-refractivity contribution in [3.05, 3.63) is 30.1 Å². The molecule has 0 aliphatic rings. The first-order valence-electron chi connectivity index (χ1n) is 10.6. The van der Waals surface area contributed by atoms with Gasteiger partial charge in [-0.25, -0.2) is 4.98 Å². The normalized spacial score (nSPS) is 12.1. The van der Waals surface area contributed by atoms with E-state index in [9.17, 15) is 5.11 Å². The average molecular weight is 515 g/mol. The molecule has 0 aliphatic heterocycles. The van der Waals surface area contributed by atoms with Gasteiger partial charge in [0.1, 0.15) is 5.82 Å². The molecule has 7 heteroatoms. The van der Waals surface area contributed by atoms with Gasteiger partial charge in [-0.05, 0) is 57.1 Å². The van der Waals surface area contributed by atoms with E-state index >= 15 is 0 Å². The third-order valence-electron chi connectivity index (χ3n) is 5.76. The van der Waals surface area contributed by atoms with Crippen molar-refractivity contribution in [2.45, 2.75) is 59.9 Å². The highest BCUT2D eigenvalue weighted by Gasteiger charge is 2.25. The summed E-state index contributed by atoms with van der Waals surface area (Å²) in [5.41, 5.74) is 2.34. The fraction of sp³-hybridized carbons (Fsp3) is 0.636. The Labute approximate surface area is 192 Å². The Balaban J connectivity index is 0.00000420. The Kier molecular flexibility index (Phi) is 11.6. The maximum Gasteiger partial charge on any atom is 0.191 e. The molecule has 29 heavy (non-hydrogen) atoms. The maximum atomic E-state index is 9.41. The van der Waals surface area contributed by atoms with E-state index in [0.29, 0.717) is 0 Å². The summed E-state index contributed by atoms with van der Waals surface area (Å²) in [5.74, 6) is 1.92. The number of hydrogen-bond donors (Lipinski definition) is 3. The molecule has 1 aromatic carbocycles. The fourth-order valence-corrected chi connectivity index (χ4v) is 3.65. The minimum absolute atomic E-state index is 0. The summed E-state index contributed by atoms with van der Waals surface area (Å²) in [7, 11) is 0. The Hall–Kier alpha value is -1.35. The molecular formula is C22H38IN5O. The number of fused-ring (bicyclic) bond motifs is 1. The number of aliphatic hydroxyl groups excluding tert-OH is 1. The monoisotopic (exact) mass is 515 g/mol. The number of rotatable bonds is 11. The van der Waals surface area contributed by atoms with Crippen LogP contribution >= 0.6 is 24.0 Å². The first-order chi connectivity index (χ1) is 13.6. The Morgan fingerprint density at radius 2 is 1.90 bits per heavy atom. The van der Waals surface area contributed by atoms with Crippen molar-refractivity contribution in [2.75, 3.05) is 26.2 Å². The molecule has 2 rings (SSSR count). The van der Waals surface area contributed by atoms with Gasteiger partial charge in [0, 0.05) is 32.8 Å². The SMILES string of the molecule is CCNC(=NCC(CC)(CC)CCO)NCCCn1c(C)nc2ccccc21.I. The van der Waals surface area contributed by atoms with Crippen molar-refractivity contribution in [3.63, 3.8) is 0 Å². The lowest BCUT2D eigenvalue weighted by atomic mass is 9.79. The summed E-state index contributed by atoms with van der Waals surface area (Å²) in [6.45, 7) is 12.1. The van der Waals surface area contributed by atoms with E-state index in [4.69, 9.17) is 4.99 Å². The van der Waals surface area contributed by atoms with E-state index in [1.807, 2.05) is 6.07 Å². The number of halogens is 1. The summed E-state index contributed by atoms with van der Waals surface area (Å²) in [6.07, 6.45) is 3.85. The Bertz CT molecular complexity index is 755. The van der Waals surface area contributed by atoms with Crippen molar-refractivity contribution in [1.29, 1.82) is 0 Å². The molecule has 0 bridgehead atoms. The van der Waals surface area contributed by atoms with Crippen LogP contribution in [0.2, 0.25) is 0 Å². The molecule has 0 aliphatic carbocycles. The topological polar surface area (TPSA) is 74.5 Å².